The van der Waals surface area contributed by atoms with Crippen molar-refractivity contribution in [2.75, 3.05) is 0 Å². The number of hydrogen-bond acceptors (Lipinski definition) is 3. The van der Waals surface area contributed by atoms with E-state index in [1.807, 2.05) is 6.07 Å². The van der Waals surface area contributed by atoms with E-state index in [4.69, 9.17) is 5.26 Å². The van der Waals surface area contributed by atoms with Gasteiger partial charge in [-0.3, -0.25) is 0 Å². The molecule has 0 radical (unpaired) electrons. The van der Waals surface area contributed by atoms with Crippen LogP contribution in [0.3, 0.4) is 0 Å². The molecule has 0 saturated heterocycles. The third-order valence-corrected chi connectivity index (χ3v) is 3.73. The largest absolute Gasteiger partial charge is 0.305 e. The highest BCUT2D eigenvalue weighted by Gasteiger charge is 2.15. The summed E-state index contributed by atoms with van der Waals surface area (Å²) >= 11 is 1.45. The predicted octanol–water partition coefficient (Wildman–Crippen LogP) is 3.75. The molecule has 1 aromatic heterocycles. The molecular formula is C14H12F2N2S. The number of nitriles is 1. The maximum Gasteiger partial charge on any atom is 0.130 e. The Morgan fingerprint density at radius 1 is 1.37 bits per heavy atom. The van der Waals surface area contributed by atoms with E-state index in [1.54, 1.807) is 18.4 Å². The summed E-state index contributed by atoms with van der Waals surface area (Å²) in [6, 6.07) is 7.21. The molecule has 19 heavy (non-hydrogen) atoms. The predicted molar refractivity (Wildman–Crippen MR) is 70.6 cm³/mol. The van der Waals surface area contributed by atoms with E-state index in [0.717, 1.165) is 4.88 Å². The Labute approximate surface area is 114 Å². The number of nitrogens with one attached hydrogen (secondary N) is 1. The van der Waals surface area contributed by atoms with Crippen molar-refractivity contribution in [1.29, 1.82) is 5.26 Å². The topological polar surface area (TPSA) is 35.8 Å². The van der Waals surface area contributed by atoms with Gasteiger partial charge in [0.15, 0.2) is 0 Å². The van der Waals surface area contributed by atoms with Crippen LogP contribution < -0.4 is 5.32 Å². The summed E-state index contributed by atoms with van der Waals surface area (Å²) in [6.07, 6.45) is 0. The van der Waals surface area contributed by atoms with Crippen LogP contribution in [0.15, 0.2) is 29.6 Å². The summed E-state index contributed by atoms with van der Waals surface area (Å²) in [6.45, 7) is 2.18. The van der Waals surface area contributed by atoms with Crippen molar-refractivity contribution in [2.45, 2.75) is 19.5 Å². The summed E-state index contributed by atoms with van der Waals surface area (Å²) < 4.78 is 27.1. The van der Waals surface area contributed by atoms with Crippen LogP contribution in [0.2, 0.25) is 0 Å². The van der Waals surface area contributed by atoms with Gasteiger partial charge in [0.25, 0.3) is 0 Å². The molecule has 0 spiro atoms. The van der Waals surface area contributed by atoms with Crippen molar-refractivity contribution >= 4 is 11.3 Å². The quantitative estimate of drug-likeness (QED) is 0.924. The lowest BCUT2D eigenvalue weighted by Crippen LogP contribution is -2.19. The molecule has 1 heterocycles. The molecule has 2 aromatic rings. The third kappa shape index (κ3) is 3.16. The highest BCUT2D eigenvalue weighted by Crippen LogP contribution is 2.21. The van der Waals surface area contributed by atoms with E-state index < -0.39 is 17.7 Å². The van der Waals surface area contributed by atoms with Gasteiger partial charge in [0, 0.05) is 28.4 Å². The van der Waals surface area contributed by atoms with Crippen molar-refractivity contribution in [1.82, 2.24) is 5.32 Å². The van der Waals surface area contributed by atoms with Crippen molar-refractivity contribution in [3.63, 3.8) is 0 Å². The van der Waals surface area contributed by atoms with Gasteiger partial charge in [-0.05, 0) is 25.1 Å². The summed E-state index contributed by atoms with van der Waals surface area (Å²) in [5.41, 5.74) is 0.645. The zero-order valence-corrected chi connectivity index (χ0v) is 11.1. The first-order chi connectivity index (χ1) is 9.11. The molecule has 0 amide bonds. The Bertz CT molecular complexity index is 596. The molecule has 5 heteroatoms. The van der Waals surface area contributed by atoms with E-state index in [2.05, 4.69) is 5.32 Å². The Morgan fingerprint density at radius 2 is 2.05 bits per heavy atom. The van der Waals surface area contributed by atoms with E-state index in [-0.39, 0.29) is 5.56 Å². The molecule has 1 aromatic carbocycles. The standard InChI is InChI=1S/C14H12F2N2S/c1-9(14-12(15)3-2-4-13(14)16)18-7-11-5-10(6-17)8-19-11/h2-5,8-9,18H,7H2,1H3. The number of thiophene rings is 1. The van der Waals surface area contributed by atoms with Crippen LogP contribution in [0, 0.1) is 23.0 Å². The lowest BCUT2D eigenvalue weighted by molar-refractivity contribution is 0.489. The average molecular weight is 278 g/mol. The maximum absolute atomic E-state index is 13.6. The molecule has 0 aliphatic rings. The fraction of sp³-hybridized carbons (Fsp3) is 0.214. The van der Waals surface area contributed by atoms with Crippen LogP contribution >= 0.6 is 11.3 Å². The van der Waals surface area contributed by atoms with Crippen molar-refractivity contribution in [2.24, 2.45) is 0 Å². The van der Waals surface area contributed by atoms with Gasteiger partial charge < -0.3 is 5.32 Å². The molecule has 2 rings (SSSR count). The molecule has 0 fully saturated rings. The van der Waals surface area contributed by atoms with Crippen LogP contribution in [0.1, 0.15) is 29.0 Å². The number of nitrogens with zero attached hydrogens (tertiary/aromatic N) is 1. The van der Waals surface area contributed by atoms with E-state index >= 15 is 0 Å². The lowest BCUT2D eigenvalue weighted by atomic mass is 10.1. The van der Waals surface area contributed by atoms with Gasteiger partial charge in [-0.25, -0.2) is 8.78 Å². The van der Waals surface area contributed by atoms with Gasteiger partial charge in [0.2, 0.25) is 0 Å². The van der Waals surface area contributed by atoms with E-state index in [9.17, 15) is 8.78 Å². The number of benzene rings is 1. The molecule has 1 N–H and O–H groups in total. The molecule has 0 bridgehead atoms. The Morgan fingerprint density at radius 3 is 2.63 bits per heavy atom. The van der Waals surface area contributed by atoms with E-state index in [0.29, 0.717) is 12.1 Å². The number of rotatable bonds is 4. The van der Waals surface area contributed by atoms with Gasteiger partial charge in [-0.2, -0.15) is 5.26 Å². The zero-order chi connectivity index (χ0) is 13.8. The summed E-state index contributed by atoms with van der Waals surface area (Å²) in [4.78, 5) is 0.958. The first-order valence-corrected chi connectivity index (χ1v) is 6.64. The van der Waals surface area contributed by atoms with Crippen molar-refractivity contribution in [3.05, 3.63) is 57.3 Å². The number of hydrogen-bond donors (Lipinski definition) is 1. The summed E-state index contributed by atoms with van der Waals surface area (Å²) in [7, 11) is 0. The second-order valence-corrected chi connectivity index (χ2v) is 5.15. The molecule has 0 aliphatic heterocycles. The minimum atomic E-state index is -0.552. The number of halogens is 2. The maximum atomic E-state index is 13.6. The van der Waals surface area contributed by atoms with Gasteiger partial charge in [0.05, 0.1) is 5.56 Å². The van der Waals surface area contributed by atoms with Crippen LogP contribution in [-0.2, 0) is 6.54 Å². The monoisotopic (exact) mass is 278 g/mol. The van der Waals surface area contributed by atoms with Crippen LogP contribution in [0.5, 0.6) is 0 Å². The van der Waals surface area contributed by atoms with E-state index in [1.165, 1.54) is 29.5 Å². The van der Waals surface area contributed by atoms with Crippen molar-refractivity contribution < 1.29 is 8.78 Å². The average Bonchev–Trinajstić information content (AvgIpc) is 2.84. The second kappa shape index (κ2) is 5.91. The zero-order valence-electron chi connectivity index (χ0n) is 10.3. The minimum absolute atomic E-state index is 0.0413. The Kier molecular flexibility index (Phi) is 4.25. The SMILES string of the molecule is CC(NCc1cc(C#N)cs1)c1c(F)cccc1F. The molecular weight excluding hydrogens is 266 g/mol. The lowest BCUT2D eigenvalue weighted by Gasteiger charge is -2.15. The first kappa shape index (κ1) is 13.7. The normalized spacial score (nSPS) is 12.1. The highest BCUT2D eigenvalue weighted by atomic mass is 32.1. The fourth-order valence-electron chi connectivity index (χ4n) is 1.81. The van der Waals surface area contributed by atoms with Gasteiger partial charge >= 0.3 is 0 Å². The summed E-state index contributed by atoms with van der Waals surface area (Å²) in [5.74, 6) is -1.10. The summed E-state index contributed by atoms with van der Waals surface area (Å²) in [5, 5.41) is 13.5. The third-order valence-electron chi connectivity index (χ3n) is 2.80. The van der Waals surface area contributed by atoms with Crippen LogP contribution in [0.25, 0.3) is 0 Å². The Hall–Kier alpha value is -1.77. The molecule has 0 saturated carbocycles. The van der Waals surface area contributed by atoms with Crippen LogP contribution in [-0.4, -0.2) is 0 Å². The highest BCUT2D eigenvalue weighted by molar-refractivity contribution is 7.10. The van der Waals surface area contributed by atoms with Gasteiger partial charge in [-0.1, -0.05) is 6.07 Å². The van der Waals surface area contributed by atoms with Gasteiger partial charge in [0.1, 0.15) is 17.7 Å². The first-order valence-electron chi connectivity index (χ1n) is 5.76. The van der Waals surface area contributed by atoms with Crippen LogP contribution in [0.4, 0.5) is 8.78 Å². The smallest absolute Gasteiger partial charge is 0.130 e. The molecule has 2 nitrogen and oxygen atoms in total. The van der Waals surface area contributed by atoms with Crippen molar-refractivity contribution in [3.8, 4) is 6.07 Å². The molecule has 0 aliphatic carbocycles. The molecule has 98 valence electrons. The second-order valence-electron chi connectivity index (χ2n) is 4.15. The fourth-order valence-corrected chi connectivity index (χ4v) is 2.57. The molecule has 1 atom stereocenters. The Balaban J connectivity index is 2.05. The minimum Gasteiger partial charge on any atom is -0.305 e. The van der Waals surface area contributed by atoms with Gasteiger partial charge in [-0.15, -0.1) is 11.3 Å². The molecule has 1 unspecified atom stereocenters.